The molecule has 1 aromatic rings. The zero-order valence-electron chi connectivity index (χ0n) is 12.6. The van der Waals surface area contributed by atoms with Gasteiger partial charge in [-0.15, -0.1) is 0 Å². The molecular formula is C15H24BrNO4. The van der Waals surface area contributed by atoms with Gasteiger partial charge in [0, 0.05) is 13.7 Å². The van der Waals surface area contributed by atoms with E-state index in [1.807, 2.05) is 18.2 Å². The molecule has 21 heavy (non-hydrogen) atoms. The average Bonchev–Trinajstić information content (AvgIpc) is 2.48. The van der Waals surface area contributed by atoms with Crippen LogP contribution in [0.15, 0.2) is 22.7 Å². The van der Waals surface area contributed by atoms with Gasteiger partial charge in [-0.2, -0.15) is 0 Å². The van der Waals surface area contributed by atoms with Crippen molar-refractivity contribution in [3.05, 3.63) is 28.2 Å². The Bertz CT molecular complexity index is 403. The van der Waals surface area contributed by atoms with Crippen molar-refractivity contribution in [3.63, 3.8) is 0 Å². The van der Waals surface area contributed by atoms with E-state index >= 15 is 0 Å². The maximum absolute atomic E-state index is 9.76. The predicted molar refractivity (Wildman–Crippen MR) is 85.7 cm³/mol. The van der Waals surface area contributed by atoms with Crippen molar-refractivity contribution < 1.29 is 19.3 Å². The van der Waals surface area contributed by atoms with Crippen LogP contribution in [0.4, 0.5) is 0 Å². The summed E-state index contributed by atoms with van der Waals surface area (Å²) >= 11 is 3.48. The monoisotopic (exact) mass is 361 g/mol. The quantitative estimate of drug-likeness (QED) is 0.590. The molecule has 0 spiro atoms. The molecule has 2 N–H and O–H groups in total. The lowest BCUT2D eigenvalue weighted by atomic mass is 10.2. The Morgan fingerprint density at radius 2 is 2.10 bits per heavy atom. The molecule has 0 aliphatic carbocycles. The number of hydrogen-bond acceptors (Lipinski definition) is 5. The SMILES string of the molecule is CCNCc1ccc(OCC(O)COCCOC)c(Br)c1. The first kappa shape index (κ1) is 18.4. The molecule has 0 saturated heterocycles. The van der Waals surface area contributed by atoms with Crippen LogP contribution in [0.5, 0.6) is 5.75 Å². The molecule has 1 unspecified atom stereocenters. The first-order valence-corrected chi connectivity index (χ1v) is 7.83. The second-order valence-corrected chi connectivity index (χ2v) is 5.43. The van der Waals surface area contributed by atoms with Gasteiger partial charge < -0.3 is 24.6 Å². The molecule has 1 atom stereocenters. The van der Waals surface area contributed by atoms with Crippen molar-refractivity contribution in [2.75, 3.05) is 40.1 Å². The van der Waals surface area contributed by atoms with Crippen LogP contribution >= 0.6 is 15.9 Å². The van der Waals surface area contributed by atoms with Crippen molar-refractivity contribution in [1.29, 1.82) is 0 Å². The third-order valence-electron chi connectivity index (χ3n) is 2.75. The normalized spacial score (nSPS) is 12.4. The van der Waals surface area contributed by atoms with E-state index in [4.69, 9.17) is 14.2 Å². The van der Waals surface area contributed by atoms with Gasteiger partial charge in [0.15, 0.2) is 0 Å². The first-order chi connectivity index (χ1) is 10.2. The van der Waals surface area contributed by atoms with Crippen LogP contribution in [-0.2, 0) is 16.0 Å². The number of ether oxygens (including phenoxy) is 3. The summed E-state index contributed by atoms with van der Waals surface area (Å²) < 4.78 is 16.6. The van der Waals surface area contributed by atoms with E-state index in [9.17, 15) is 5.11 Å². The van der Waals surface area contributed by atoms with Gasteiger partial charge in [-0.25, -0.2) is 0 Å². The summed E-state index contributed by atoms with van der Waals surface area (Å²) in [6, 6.07) is 5.92. The highest BCUT2D eigenvalue weighted by atomic mass is 79.9. The Labute approximate surface area is 134 Å². The van der Waals surface area contributed by atoms with Crippen molar-refractivity contribution in [3.8, 4) is 5.75 Å². The molecule has 1 aromatic carbocycles. The second kappa shape index (κ2) is 11.0. The van der Waals surface area contributed by atoms with E-state index in [0.29, 0.717) is 19.0 Å². The van der Waals surface area contributed by atoms with Gasteiger partial charge in [0.1, 0.15) is 18.5 Å². The highest BCUT2D eigenvalue weighted by Crippen LogP contribution is 2.26. The minimum atomic E-state index is -0.657. The molecular weight excluding hydrogens is 338 g/mol. The summed E-state index contributed by atoms with van der Waals surface area (Å²) in [4.78, 5) is 0. The fourth-order valence-electron chi connectivity index (χ4n) is 1.64. The van der Waals surface area contributed by atoms with Crippen LogP contribution in [0.3, 0.4) is 0 Å². The molecule has 0 heterocycles. The van der Waals surface area contributed by atoms with Gasteiger partial charge in [-0.05, 0) is 40.2 Å². The topological polar surface area (TPSA) is 60.0 Å². The summed E-state index contributed by atoms with van der Waals surface area (Å²) in [5.74, 6) is 0.714. The van der Waals surface area contributed by atoms with Crippen LogP contribution < -0.4 is 10.1 Å². The highest BCUT2D eigenvalue weighted by molar-refractivity contribution is 9.10. The van der Waals surface area contributed by atoms with Crippen LogP contribution in [0, 0.1) is 0 Å². The van der Waals surface area contributed by atoms with Crippen LogP contribution in [-0.4, -0.2) is 51.3 Å². The lowest BCUT2D eigenvalue weighted by molar-refractivity contribution is -0.00429. The van der Waals surface area contributed by atoms with E-state index in [0.717, 1.165) is 17.6 Å². The van der Waals surface area contributed by atoms with E-state index in [1.165, 1.54) is 5.56 Å². The fraction of sp³-hybridized carbons (Fsp3) is 0.600. The van der Waals surface area contributed by atoms with Crippen LogP contribution in [0.2, 0.25) is 0 Å². The van der Waals surface area contributed by atoms with Crippen LogP contribution in [0.25, 0.3) is 0 Å². The third-order valence-corrected chi connectivity index (χ3v) is 3.37. The summed E-state index contributed by atoms with van der Waals surface area (Å²) in [7, 11) is 1.61. The molecule has 5 nitrogen and oxygen atoms in total. The summed E-state index contributed by atoms with van der Waals surface area (Å²) in [5, 5.41) is 13.0. The van der Waals surface area contributed by atoms with Crippen molar-refractivity contribution in [2.24, 2.45) is 0 Å². The van der Waals surface area contributed by atoms with Gasteiger partial charge in [0.05, 0.1) is 24.3 Å². The molecule has 120 valence electrons. The Balaban J connectivity index is 2.34. The number of benzene rings is 1. The highest BCUT2D eigenvalue weighted by Gasteiger charge is 2.08. The van der Waals surface area contributed by atoms with Gasteiger partial charge in [0.25, 0.3) is 0 Å². The largest absolute Gasteiger partial charge is 0.490 e. The number of nitrogens with one attached hydrogen (secondary N) is 1. The Hall–Kier alpha value is -0.660. The summed E-state index contributed by atoms with van der Waals surface area (Å²) in [5.41, 5.74) is 1.18. The molecule has 0 aliphatic heterocycles. The van der Waals surface area contributed by atoms with Gasteiger partial charge in [0.2, 0.25) is 0 Å². The van der Waals surface area contributed by atoms with Gasteiger partial charge in [-0.1, -0.05) is 13.0 Å². The zero-order valence-corrected chi connectivity index (χ0v) is 14.2. The van der Waals surface area contributed by atoms with Crippen LogP contribution in [0.1, 0.15) is 12.5 Å². The number of aliphatic hydroxyl groups excluding tert-OH is 1. The van der Waals surface area contributed by atoms with Crippen molar-refractivity contribution in [2.45, 2.75) is 19.6 Å². The fourth-order valence-corrected chi connectivity index (χ4v) is 2.18. The Kier molecular flexibility index (Phi) is 9.62. The Morgan fingerprint density at radius 1 is 1.29 bits per heavy atom. The van der Waals surface area contributed by atoms with E-state index in [2.05, 4.69) is 28.2 Å². The molecule has 0 amide bonds. The molecule has 0 radical (unpaired) electrons. The van der Waals surface area contributed by atoms with Gasteiger partial charge >= 0.3 is 0 Å². The summed E-state index contributed by atoms with van der Waals surface area (Å²) in [6.07, 6.45) is -0.657. The first-order valence-electron chi connectivity index (χ1n) is 7.04. The smallest absolute Gasteiger partial charge is 0.133 e. The average molecular weight is 362 g/mol. The van der Waals surface area contributed by atoms with Gasteiger partial charge in [-0.3, -0.25) is 0 Å². The van der Waals surface area contributed by atoms with Crippen molar-refractivity contribution >= 4 is 15.9 Å². The predicted octanol–water partition coefficient (Wildman–Crippen LogP) is 1.96. The molecule has 0 fully saturated rings. The van der Waals surface area contributed by atoms with E-state index in [1.54, 1.807) is 7.11 Å². The summed E-state index contributed by atoms with van der Waals surface area (Å²) in [6.45, 7) is 5.25. The maximum atomic E-state index is 9.76. The number of methoxy groups -OCH3 is 1. The lowest BCUT2D eigenvalue weighted by Crippen LogP contribution is -2.24. The molecule has 0 aromatic heterocycles. The standard InChI is InChI=1S/C15H24BrNO4/c1-3-17-9-12-4-5-15(14(16)8-12)21-11-13(18)10-20-7-6-19-2/h4-5,8,13,17-18H,3,6-7,9-11H2,1-2H3. The van der Waals surface area contributed by atoms with Crippen molar-refractivity contribution in [1.82, 2.24) is 5.32 Å². The second-order valence-electron chi connectivity index (χ2n) is 4.58. The maximum Gasteiger partial charge on any atom is 0.133 e. The zero-order chi connectivity index (χ0) is 15.5. The van der Waals surface area contributed by atoms with E-state index in [-0.39, 0.29) is 13.2 Å². The number of hydrogen-bond donors (Lipinski definition) is 2. The Morgan fingerprint density at radius 3 is 2.76 bits per heavy atom. The number of rotatable bonds is 11. The molecule has 0 aliphatic rings. The molecule has 0 saturated carbocycles. The number of aliphatic hydroxyl groups is 1. The molecule has 6 heteroatoms. The lowest BCUT2D eigenvalue weighted by Gasteiger charge is -2.14. The molecule has 1 rings (SSSR count). The minimum Gasteiger partial charge on any atom is -0.490 e. The number of halogens is 1. The third kappa shape index (κ3) is 7.78. The van der Waals surface area contributed by atoms with E-state index < -0.39 is 6.10 Å². The molecule has 0 bridgehead atoms. The minimum absolute atomic E-state index is 0.193.